The molecule has 1 aromatic carbocycles. The quantitative estimate of drug-likeness (QED) is 0.575. The number of nitrogens with zero attached hydrogens (tertiary/aromatic N) is 3. The van der Waals surface area contributed by atoms with Gasteiger partial charge in [0.05, 0.1) is 28.7 Å². The van der Waals surface area contributed by atoms with Gasteiger partial charge in [-0.15, -0.1) is 23.1 Å². The average Bonchev–Trinajstić information content (AvgIpc) is 3.27. The van der Waals surface area contributed by atoms with Crippen LogP contribution in [-0.4, -0.2) is 29.0 Å². The number of hydrogen-bond acceptors (Lipinski definition) is 6. The summed E-state index contributed by atoms with van der Waals surface area (Å²) in [5, 5.41) is 4.96. The largest absolute Gasteiger partial charge is 0.370 e. The highest BCUT2D eigenvalue weighted by Crippen LogP contribution is 2.27. The lowest BCUT2D eigenvalue weighted by atomic mass is 10.1. The molecule has 0 unspecified atom stereocenters. The highest BCUT2D eigenvalue weighted by molar-refractivity contribution is 7.98. The Bertz CT molecular complexity index is 906. The number of carbonyl (C=O) groups excluding carboxylic acids is 1. The van der Waals surface area contributed by atoms with Crippen molar-refractivity contribution in [3.63, 3.8) is 0 Å². The van der Waals surface area contributed by atoms with Crippen LogP contribution >= 0.6 is 23.1 Å². The molecule has 5 nitrogen and oxygen atoms in total. The van der Waals surface area contributed by atoms with Gasteiger partial charge < -0.3 is 10.2 Å². The Morgan fingerprint density at radius 1 is 1.11 bits per heavy atom. The Kier molecular flexibility index (Phi) is 6.24. The lowest BCUT2D eigenvalue weighted by Gasteiger charge is -2.28. The van der Waals surface area contributed by atoms with Gasteiger partial charge in [0.25, 0.3) is 5.91 Å². The Morgan fingerprint density at radius 2 is 1.96 bits per heavy atom. The Morgan fingerprint density at radius 3 is 2.71 bits per heavy atom. The topological polar surface area (TPSA) is 58.1 Å². The summed E-state index contributed by atoms with van der Waals surface area (Å²) in [5.74, 6) is 1.18. The molecule has 0 aliphatic carbocycles. The van der Waals surface area contributed by atoms with Gasteiger partial charge in [0, 0.05) is 29.1 Å². The van der Waals surface area contributed by atoms with Crippen molar-refractivity contribution < 1.29 is 4.79 Å². The maximum absolute atomic E-state index is 12.8. The number of nitrogens with one attached hydrogen (secondary N) is 1. The summed E-state index contributed by atoms with van der Waals surface area (Å²) in [5.41, 5.74) is 4.63. The van der Waals surface area contributed by atoms with Crippen molar-refractivity contribution in [2.45, 2.75) is 29.9 Å². The number of pyridine rings is 1. The van der Waals surface area contributed by atoms with Gasteiger partial charge in [-0.2, -0.15) is 0 Å². The summed E-state index contributed by atoms with van der Waals surface area (Å²) in [6.45, 7) is 2.16. The Balaban J connectivity index is 1.42. The molecular formula is C21H22N4OS2. The molecule has 0 bridgehead atoms. The average molecular weight is 411 g/mol. The van der Waals surface area contributed by atoms with Crippen molar-refractivity contribution in [3.05, 3.63) is 64.7 Å². The molecule has 1 aliphatic rings. The molecule has 4 rings (SSSR count). The van der Waals surface area contributed by atoms with E-state index < -0.39 is 0 Å². The molecule has 28 heavy (non-hydrogen) atoms. The predicted octanol–water partition coefficient (Wildman–Crippen LogP) is 5.07. The molecule has 0 saturated carbocycles. The second-order valence-electron chi connectivity index (χ2n) is 6.67. The molecule has 2 aromatic heterocycles. The van der Waals surface area contributed by atoms with Gasteiger partial charge in [0.1, 0.15) is 5.82 Å². The molecule has 1 saturated heterocycles. The first-order chi connectivity index (χ1) is 13.8. The number of anilines is 2. The lowest BCUT2D eigenvalue weighted by Crippen LogP contribution is -2.29. The second-order valence-corrected chi connectivity index (χ2v) is 8.40. The fourth-order valence-electron chi connectivity index (χ4n) is 3.22. The van der Waals surface area contributed by atoms with Crippen molar-refractivity contribution in [2.75, 3.05) is 23.3 Å². The first kappa shape index (κ1) is 19.0. The SMILES string of the molecule is O=C(Nc1ccc(N2CCCCC2)cn1)c1ccccc1SCc1cscn1. The van der Waals surface area contributed by atoms with E-state index in [1.165, 1.54) is 19.3 Å². The lowest BCUT2D eigenvalue weighted by molar-refractivity contribution is 0.102. The van der Waals surface area contributed by atoms with Crippen LogP contribution in [0.5, 0.6) is 0 Å². The zero-order valence-corrected chi connectivity index (χ0v) is 17.1. The molecule has 3 aromatic rings. The molecule has 1 N–H and O–H groups in total. The molecule has 0 spiro atoms. The fourth-order valence-corrected chi connectivity index (χ4v) is 4.84. The summed E-state index contributed by atoms with van der Waals surface area (Å²) in [4.78, 5) is 24.8. The van der Waals surface area contributed by atoms with Crippen LogP contribution in [0.25, 0.3) is 0 Å². The van der Waals surface area contributed by atoms with Gasteiger partial charge in [-0.3, -0.25) is 4.79 Å². The maximum Gasteiger partial charge on any atom is 0.257 e. The van der Waals surface area contributed by atoms with E-state index >= 15 is 0 Å². The molecule has 3 heterocycles. The third kappa shape index (κ3) is 4.72. The van der Waals surface area contributed by atoms with Gasteiger partial charge in [0.15, 0.2) is 0 Å². The highest BCUT2D eigenvalue weighted by atomic mass is 32.2. The van der Waals surface area contributed by atoms with Gasteiger partial charge in [-0.1, -0.05) is 12.1 Å². The van der Waals surface area contributed by atoms with Crippen molar-refractivity contribution in [2.24, 2.45) is 0 Å². The van der Waals surface area contributed by atoms with Gasteiger partial charge in [-0.05, 0) is 43.5 Å². The smallest absolute Gasteiger partial charge is 0.257 e. The van der Waals surface area contributed by atoms with Crippen LogP contribution in [0.1, 0.15) is 35.3 Å². The summed E-state index contributed by atoms with van der Waals surface area (Å²) in [7, 11) is 0. The number of thiazole rings is 1. The number of benzene rings is 1. The molecule has 1 amide bonds. The fraction of sp³-hybridized carbons (Fsp3) is 0.286. The normalized spacial score (nSPS) is 14.1. The number of rotatable bonds is 6. The molecule has 7 heteroatoms. The highest BCUT2D eigenvalue weighted by Gasteiger charge is 2.14. The third-order valence-electron chi connectivity index (χ3n) is 4.70. The van der Waals surface area contributed by atoms with Gasteiger partial charge in [0.2, 0.25) is 0 Å². The van der Waals surface area contributed by atoms with E-state index in [0.717, 1.165) is 35.1 Å². The minimum absolute atomic E-state index is 0.139. The number of hydrogen-bond donors (Lipinski definition) is 1. The van der Waals surface area contributed by atoms with Crippen LogP contribution in [0.15, 0.2) is 58.4 Å². The van der Waals surface area contributed by atoms with Crippen LogP contribution in [0.2, 0.25) is 0 Å². The molecule has 1 aliphatic heterocycles. The second kappa shape index (κ2) is 9.21. The van der Waals surface area contributed by atoms with Crippen molar-refractivity contribution in [3.8, 4) is 0 Å². The standard InChI is InChI=1S/C21H22N4OS2/c26-21(18-6-2-3-7-19(18)28-14-16-13-27-15-23-16)24-20-9-8-17(12-22-20)25-10-4-1-5-11-25/h2-3,6-9,12-13,15H,1,4-5,10-11,14H2,(H,22,24,26). The Labute approximate surface area is 173 Å². The van der Waals surface area contributed by atoms with Crippen LogP contribution < -0.4 is 10.2 Å². The van der Waals surface area contributed by atoms with Crippen LogP contribution in [-0.2, 0) is 5.75 Å². The molecule has 0 atom stereocenters. The molecular weight excluding hydrogens is 388 g/mol. The minimum atomic E-state index is -0.139. The van der Waals surface area contributed by atoms with E-state index in [4.69, 9.17) is 0 Å². The molecule has 144 valence electrons. The van der Waals surface area contributed by atoms with Gasteiger partial charge >= 0.3 is 0 Å². The maximum atomic E-state index is 12.8. The predicted molar refractivity (Wildman–Crippen MR) is 116 cm³/mol. The van der Waals surface area contributed by atoms with Gasteiger partial charge in [-0.25, -0.2) is 9.97 Å². The number of thioether (sulfide) groups is 1. The monoisotopic (exact) mass is 410 g/mol. The third-order valence-corrected chi connectivity index (χ3v) is 6.44. The van der Waals surface area contributed by atoms with Crippen molar-refractivity contribution in [1.82, 2.24) is 9.97 Å². The summed E-state index contributed by atoms with van der Waals surface area (Å²) in [6, 6.07) is 11.6. The summed E-state index contributed by atoms with van der Waals surface area (Å²) >= 11 is 3.20. The zero-order chi connectivity index (χ0) is 19.2. The van der Waals surface area contributed by atoms with E-state index in [1.54, 1.807) is 23.1 Å². The number of carbonyl (C=O) groups is 1. The first-order valence-corrected chi connectivity index (χ1v) is 11.3. The zero-order valence-electron chi connectivity index (χ0n) is 15.5. The molecule has 0 radical (unpaired) electrons. The Hall–Kier alpha value is -2.38. The summed E-state index contributed by atoms with van der Waals surface area (Å²) in [6.07, 6.45) is 5.61. The number of aromatic nitrogens is 2. The number of piperidine rings is 1. The van der Waals surface area contributed by atoms with Crippen molar-refractivity contribution >= 4 is 40.5 Å². The van der Waals surface area contributed by atoms with E-state index in [9.17, 15) is 4.79 Å². The van der Waals surface area contributed by atoms with E-state index in [0.29, 0.717) is 11.4 Å². The molecule has 1 fully saturated rings. The van der Waals surface area contributed by atoms with Crippen LogP contribution in [0.4, 0.5) is 11.5 Å². The van der Waals surface area contributed by atoms with Crippen molar-refractivity contribution in [1.29, 1.82) is 0 Å². The first-order valence-electron chi connectivity index (χ1n) is 9.41. The van der Waals surface area contributed by atoms with E-state index in [2.05, 4.69) is 20.2 Å². The number of amides is 1. The van der Waals surface area contributed by atoms with Crippen LogP contribution in [0, 0.1) is 0 Å². The minimum Gasteiger partial charge on any atom is -0.370 e. The van der Waals surface area contributed by atoms with E-state index in [1.807, 2.05) is 53.5 Å². The van der Waals surface area contributed by atoms with Crippen LogP contribution in [0.3, 0.4) is 0 Å². The van der Waals surface area contributed by atoms with E-state index in [-0.39, 0.29) is 5.91 Å². The summed E-state index contributed by atoms with van der Waals surface area (Å²) < 4.78 is 0.